The fourth-order valence-corrected chi connectivity index (χ4v) is 5.24. The number of thiazole rings is 1. The van der Waals surface area contributed by atoms with E-state index in [9.17, 15) is 13.2 Å². The van der Waals surface area contributed by atoms with Gasteiger partial charge in [0.2, 0.25) is 15.9 Å². The number of rotatable bonds is 6. The van der Waals surface area contributed by atoms with E-state index >= 15 is 0 Å². The third-order valence-electron chi connectivity index (χ3n) is 4.29. The molecular weight excluding hydrogens is 378 g/mol. The van der Waals surface area contributed by atoms with Crippen molar-refractivity contribution in [2.24, 2.45) is 5.92 Å². The molecule has 0 aliphatic carbocycles. The minimum Gasteiger partial charge on any atom is -0.355 e. The van der Waals surface area contributed by atoms with Crippen LogP contribution in [0.25, 0.3) is 10.6 Å². The van der Waals surface area contributed by atoms with E-state index in [0.717, 1.165) is 29.1 Å². The molecule has 2 aromatic heterocycles. The summed E-state index contributed by atoms with van der Waals surface area (Å²) in [6.45, 7) is 1.67. The summed E-state index contributed by atoms with van der Waals surface area (Å²) in [6.07, 6.45) is 3.09. The number of sulfonamides is 1. The van der Waals surface area contributed by atoms with Gasteiger partial charge in [0.25, 0.3) is 0 Å². The van der Waals surface area contributed by atoms with Gasteiger partial charge in [-0.2, -0.15) is 11.3 Å². The smallest absolute Gasteiger partial charge is 0.226 e. The van der Waals surface area contributed by atoms with Gasteiger partial charge >= 0.3 is 0 Å². The number of nitrogens with zero attached hydrogens (tertiary/aromatic N) is 2. The zero-order chi connectivity index (χ0) is 17.9. The van der Waals surface area contributed by atoms with Gasteiger partial charge in [0.05, 0.1) is 18.4 Å². The Morgan fingerprint density at radius 3 is 2.76 bits per heavy atom. The molecule has 1 N–H and O–H groups in total. The SMILES string of the molecule is CS(=O)(=O)N1CCC(CNC(=O)Cc2csc(-c3ccsc3)n2)CC1. The van der Waals surface area contributed by atoms with E-state index in [4.69, 9.17) is 0 Å². The highest BCUT2D eigenvalue weighted by atomic mass is 32.2. The van der Waals surface area contributed by atoms with Gasteiger partial charge in [-0.3, -0.25) is 4.79 Å². The van der Waals surface area contributed by atoms with Crippen LogP contribution in [0, 0.1) is 5.92 Å². The number of thiophene rings is 1. The molecular formula is C16H21N3O3S3. The predicted molar refractivity (Wildman–Crippen MR) is 101 cm³/mol. The fourth-order valence-electron chi connectivity index (χ4n) is 2.84. The molecule has 1 amide bonds. The largest absolute Gasteiger partial charge is 0.355 e. The molecule has 1 aliphatic rings. The van der Waals surface area contributed by atoms with E-state index in [0.29, 0.717) is 25.6 Å². The van der Waals surface area contributed by atoms with Crippen molar-refractivity contribution >= 4 is 38.6 Å². The van der Waals surface area contributed by atoms with Crippen LogP contribution < -0.4 is 5.32 Å². The Hall–Kier alpha value is -1.29. The van der Waals surface area contributed by atoms with Gasteiger partial charge in [-0.25, -0.2) is 17.7 Å². The van der Waals surface area contributed by atoms with Crippen molar-refractivity contribution in [3.05, 3.63) is 27.9 Å². The van der Waals surface area contributed by atoms with Crippen LogP contribution in [0.5, 0.6) is 0 Å². The molecule has 0 atom stereocenters. The average Bonchev–Trinajstić information content (AvgIpc) is 3.23. The average molecular weight is 400 g/mol. The Morgan fingerprint density at radius 1 is 1.36 bits per heavy atom. The Labute approximate surface area is 155 Å². The molecule has 0 radical (unpaired) electrons. The number of piperidine rings is 1. The van der Waals surface area contributed by atoms with E-state index in [2.05, 4.69) is 10.3 Å². The summed E-state index contributed by atoms with van der Waals surface area (Å²) in [6, 6.07) is 2.02. The van der Waals surface area contributed by atoms with Crippen molar-refractivity contribution in [2.75, 3.05) is 25.9 Å². The standard InChI is InChI=1S/C16H21N3O3S3/c1-25(21,22)19-5-2-12(3-6-19)9-17-15(20)8-14-11-24-16(18-14)13-4-7-23-10-13/h4,7,10-12H,2-3,5-6,8-9H2,1H3,(H,17,20). The number of amides is 1. The second kappa shape index (κ2) is 7.94. The number of hydrogen-bond donors (Lipinski definition) is 1. The Bertz CT molecular complexity index is 807. The Balaban J connectivity index is 1.43. The van der Waals surface area contributed by atoms with Crippen molar-refractivity contribution in [2.45, 2.75) is 19.3 Å². The first-order valence-electron chi connectivity index (χ1n) is 8.10. The van der Waals surface area contributed by atoms with Crippen LogP contribution in [0.1, 0.15) is 18.5 Å². The molecule has 9 heteroatoms. The first kappa shape index (κ1) is 18.5. The zero-order valence-electron chi connectivity index (χ0n) is 14.0. The molecule has 0 bridgehead atoms. The van der Waals surface area contributed by atoms with E-state index in [-0.39, 0.29) is 12.3 Å². The minimum absolute atomic E-state index is 0.0345. The van der Waals surface area contributed by atoms with Crippen LogP contribution in [-0.2, 0) is 21.2 Å². The molecule has 3 heterocycles. The third-order valence-corrected chi connectivity index (χ3v) is 7.22. The van der Waals surface area contributed by atoms with Gasteiger partial charge in [0.15, 0.2) is 0 Å². The van der Waals surface area contributed by atoms with Gasteiger partial charge in [-0.15, -0.1) is 11.3 Å². The molecule has 25 heavy (non-hydrogen) atoms. The van der Waals surface area contributed by atoms with E-state index in [1.165, 1.54) is 10.6 Å². The van der Waals surface area contributed by atoms with Crippen molar-refractivity contribution < 1.29 is 13.2 Å². The summed E-state index contributed by atoms with van der Waals surface area (Å²) in [7, 11) is -3.10. The molecule has 0 spiro atoms. The summed E-state index contributed by atoms with van der Waals surface area (Å²) >= 11 is 3.18. The molecule has 1 aliphatic heterocycles. The molecule has 0 unspecified atom stereocenters. The van der Waals surface area contributed by atoms with Gasteiger partial charge in [-0.1, -0.05) is 0 Å². The van der Waals surface area contributed by atoms with Crippen molar-refractivity contribution in [1.82, 2.24) is 14.6 Å². The predicted octanol–water partition coefficient (Wildman–Crippen LogP) is 2.20. The highest BCUT2D eigenvalue weighted by molar-refractivity contribution is 7.88. The fraction of sp³-hybridized carbons (Fsp3) is 0.500. The summed E-state index contributed by atoms with van der Waals surface area (Å²) in [4.78, 5) is 16.6. The van der Waals surface area contributed by atoms with E-state index < -0.39 is 10.0 Å². The van der Waals surface area contributed by atoms with Crippen molar-refractivity contribution in [1.29, 1.82) is 0 Å². The lowest BCUT2D eigenvalue weighted by Crippen LogP contribution is -2.41. The van der Waals surface area contributed by atoms with Gasteiger partial charge < -0.3 is 5.32 Å². The first-order chi connectivity index (χ1) is 11.9. The van der Waals surface area contributed by atoms with Crippen molar-refractivity contribution in [3.8, 4) is 10.6 Å². The van der Waals surface area contributed by atoms with Gasteiger partial charge in [-0.05, 0) is 30.2 Å². The molecule has 1 fully saturated rings. The lowest BCUT2D eigenvalue weighted by molar-refractivity contribution is -0.120. The molecule has 0 aromatic carbocycles. The topological polar surface area (TPSA) is 79.4 Å². The van der Waals surface area contributed by atoms with Gasteiger partial charge in [0, 0.05) is 36.0 Å². The number of nitrogens with one attached hydrogen (secondary N) is 1. The van der Waals surface area contributed by atoms with Gasteiger partial charge in [0.1, 0.15) is 5.01 Å². The molecule has 6 nitrogen and oxygen atoms in total. The van der Waals surface area contributed by atoms with Crippen LogP contribution in [-0.4, -0.2) is 49.5 Å². The Kier molecular flexibility index (Phi) is 5.88. The molecule has 2 aromatic rings. The van der Waals surface area contributed by atoms with Crippen LogP contribution in [0.2, 0.25) is 0 Å². The first-order valence-corrected chi connectivity index (χ1v) is 11.8. The van der Waals surface area contributed by atoms with E-state index in [1.54, 1.807) is 22.7 Å². The quantitative estimate of drug-likeness (QED) is 0.808. The van der Waals surface area contributed by atoms with E-state index in [1.807, 2.05) is 22.2 Å². The highest BCUT2D eigenvalue weighted by Gasteiger charge is 2.25. The molecule has 1 saturated heterocycles. The van der Waals surface area contributed by atoms with Crippen LogP contribution in [0.3, 0.4) is 0 Å². The summed E-state index contributed by atoms with van der Waals surface area (Å²) in [5.41, 5.74) is 1.88. The molecule has 0 saturated carbocycles. The van der Waals surface area contributed by atoms with Crippen LogP contribution >= 0.6 is 22.7 Å². The van der Waals surface area contributed by atoms with Crippen molar-refractivity contribution in [3.63, 3.8) is 0 Å². The summed E-state index contributed by atoms with van der Waals surface area (Å²) < 4.78 is 24.5. The zero-order valence-corrected chi connectivity index (χ0v) is 16.4. The maximum Gasteiger partial charge on any atom is 0.226 e. The third kappa shape index (κ3) is 5.10. The maximum atomic E-state index is 12.1. The van der Waals surface area contributed by atoms with Crippen LogP contribution in [0.4, 0.5) is 0 Å². The number of carbonyl (C=O) groups excluding carboxylic acids is 1. The minimum atomic E-state index is -3.10. The maximum absolute atomic E-state index is 12.1. The number of carbonyl (C=O) groups is 1. The lowest BCUT2D eigenvalue weighted by Gasteiger charge is -2.30. The highest BCUT2D eigenvalue weighted by Crippen LogP contribution is 2.25. The monoisotopic (exact) mass is 399 g/mol. The number of hydrogen-bond acceptors (Lipinski definition) is 6. The second-order valence-corrected chi connectivity index (χ2v) is 9.86. The number of aromatic nitrogens is 1. The van der Waals surface area contributed by atoms with Crippen LogP contribution in [0.15, 0.2) is 22.2 Å². The molecule has 136 valence electrons. The normalized spacial score (nSPS) is 16.8. The summed E-state index contributed by atoms with van der Waals surface area (Å²) in [5, 5.41) is 9.89. The summed E-state index contributed by atoms with van der Waals surface area (Å²) in [5.74, 6) is 0.298. The Morgan fingerprint density at radius 2 is 2.12 bits per heavy atom. The molecule has 3 rings (SSSR count). The lowest BCUT2D eigenvalue weighted by atomic mass is 9.98. The second-order valence-electron chi connectivity index (χ2n) is 6.24.